The summed E-state index contributed by atoms with van der Waals surface area (Å²) < 4.78 is 17.3. The van der Waals surface area contributed by atoms with Crippen LogP contribution in [0.2, 0.25) is 0 Å². The highest BCUT2D eigenvalue weighted by Crippen LogP contribution is 2.33. The number of nitrogens with zero attached hydrogens (tertiary/aromatic N) is 3. The fourth-order valence-corrected chi connectivity index (χ4v) is 3.43. The third kappa shape index (κ3) is 6.52. The zero-order valence-electron chi connectivity index (χ0n) is 17.1. The molecule has 0 spiro atoms. The molecule has 1 heterocycles. The molecule has 1 N–H and O–H groups in total. The molecule has 0 radical (unpaired) electrons. The van der Waals surface area contributed by atoms with E-state index in [1.165, 1.54) is 0 Å². The lowest BCUT2D eigenvalue weighted by molar-refractivity contribution is -0.123. The molecule has 3 rings (SSSR count). The van der Waals surface area contributed by atoms with Gasteiger partial charge in [0.25, 0.3) is 5.91 Å². The molecule has 9 heteroatoms. The molecule has 0 unspecified atom stereocenters. The van der Waals surface area contributed by atoms with E-state index in [-0.39, 0.29) is 19.1 Å². The van der Waals surface area contributed by atoms with E-state index in [4.69, 9.17) is 14.2 Å². The predicted molar refractivity (Wildman–Crippen MR) is 119 cm³/mol. The summed E-state index contributed by atoms with van der Waals surface area (Å²) in [6, 6.07) is 13.0. The van der Waals surface area contributed by atoms with E-state index < -0.39 is 0 Å². The third-order valence-corrected chi connectivity index (χ3v) is 5.35. The normalized spacial score (nSPS) is 14.2. The first-order chi connectivity index (χ1) is 15.1. The minimum Gasteiger partial charge on any atom is -0.493 e. The second-order valence-electron chi connectivity index (χ2n) is 6.76. The fraction of sp³-hybridized carbons (Fsp3) is 0.318. The molecule has 0 bridgehead atoms. The van der Waals surface area contributed by atoms with Gasteiger partial charge in [0, 0.05) is 28.7 Å². The van der Waals surface area contributed by atoms with Crippen LogP contribution in [0.25, 0.3) is 0 Å². The number of nitrogens with one attached hydrogen (secondary N) is 1. The van der Waals surface area contributed by atoms with E-state index in [2.05, 4.69) is 32.5 Å². The predicted octanol–water partition coefficient (Wildman–Crippen LogP) is 2.69. The molecule has 1 aliphatic rings. The second-order valence-corrected chi connectivity index (χ2v) is 7.62. The average Bonchev–Trinajstić information content (AvgIpc) is 2.79. The zero-order chi connectivity index (χ0) is 22.1. The molecular weight excluding hydrogens is 464 g/mol. The molecule has 2 aromatic rings. The summed E-state index contributed by atoms with van der Waals surface area (Å²) >= 11 is 3.50. The molecule has 1 saturated heterocycles. The number of morpholine rings is 1. The standard InChI is InChI=1S/C22H23BrN4O4/c1-29-20-10-18(13-25-26-22(28)14-27-6-8-30-9-7-27)19(23)11-21(20)31-15-17-5-3-2-4-16(17)12-24/h2-5,10-11,13H,6-9,14-15H2,1H3,(H,26,28)/b25-13+. The number of ether oxygens (including phenoxy) is 3. The van der Waals surface area contributed by atoms with Gasteiger partial charge in [0.15, 0.2) is 11.5 Å². The Hall–Kier alpha value is -2.93. The van der Waals surface area contributed by atoms with Gasteiger partial charge in [-0.2, -0.15) is 10.4 Å². The van der Waals surface area contributed by atoms with Crippen molar-refractivity contribution in [1.82, 2.24) is 10.3 Å². The number of amides is 1. The highest BCUT2D eigenvalue weighted by atomic mass is 79.9. The number of benzene rings is 2. The molecule has 1 aliphatic heterocycles. The first-order valence-electron chi connectivity index (χ1n) is 9.71. The smallest absolute Gasteiger partial charge is 0.254 e. The molecule has 0 aromatic heterocycles. The maximum Gasteiger partial charge on any atom is 0.254 e. The van der Waals surface area contributed by atoms with Crippen molar-refractivity contribution in [3.63, 3.8) is 0 Å². The maximum absolute atomic E-state index is 12.0. The molecule has 0 saturated carbocycles. The van der Waals surface area contributed by atoms with Crippen LogP contribution in [0.3, 0.4) is 0 Å². The van der Waals surface area contributed by atoms with Gasteiger partial charge in [-0.05, 0) is 34.1 Å². The van der Waals surface area contributed by atoms with Crippen LogP contribution in [0.15, 0.2) is 46.0 Å². The van der Waals surface area contributed by atoms with Crippen molar-refractivity contribution < 1.29 is 19.0 Å². The van der Waals surface area contributed by atoms with E-state index in [9.17, 15) is 10.1 Å². The number of hydrogen-bond acceptors (Lipinski definition) is 7. The molecule has 162 valence electrons. The van der Waals surface area contributed by atoms with Gasteiger partial charge in [0.1, 0.15) is 6.61 Å². The summed E-state index contributed by atoms with van der Waals surface area (Å²) in [6.07, 6.45) is 1.54. The van der Waals surface area contributed by atoms with E-state index in [1.54, 1.807) is 31.5 Å². The quantitative estimate of drug-likeness (QED) is 0.455. The molecular formula is C22H23BrN4O4. The van der Waals surface area contributed by atoms with Gasteiger partial charge in [-0.25, -0.2) is 5.43 Å². The van der Waals surface area contributed by atoms with Crippen molar-refractivity contribution in [2.45, 2.75) is 6.61 Å². The maximum atomic E-state index is 12.0. The Morgan fingerprint density at radius 2 is 2.10 bits per heavy atom. The number of hydrogen-bond donors (Lipinski definition) is 1. The largest absolute Gasteiger partial charge is 0.493 e. The summed E-state index contributed by atoms with van der Waals surface area (Å²) in [5.41, 5.74) is 4.61. The number of carbonyl (C=O) groups excluding carboxylic acids is 1. The molecule has 2 aromatic carbocycles. The van der Waals surface area contributed by atoms with Gasteiger partial charge in [-0.15, -0.1) is 0 Å². The molecule has 1 fully saturated rings. The SMILES string of the molecule is COc1cc(/C=N/NC(=O)CN2CCOCC2)c(Br)cc1OCc1ccccc1C#N. The number of halogens is 1. The fourth-order valence-electron chi connectivity index (χ4n) is 3.00. The monoisotopic (exact) mass is 486 g/mol. The van der Waals surface area contributed by atoms with Crippen LogP contribution < -0.4 is 14.9 Å². The van der Waals surface area contributed by atoms with Crippen molar-refractivity contribution >= 4 is 28.1 Å². The Morgan fingerprint density at radius 1 is 1.32 bits per heavy atom. The van der Waals surface area contributed by atoms with Gasteiger partial charge in [0.05, 0.1) is 44.7 Å². The van der Waals surface area contributed by atoms with Crippen LogP contribution in [0.1, 0.15) is 16.7 Å². The van der Waals surface area contributed by atoms with Crippen LogP contribution >= 0.6 is 15.9 Å². The average molecular weight is 487 g/mol. The summed E-state index contributed by atoms with van der Waals surface area (Å²) in [4.78, 5) is 14.1. The van der Waals surface area contributed by atoms with Crippen LogP contribution in [0.5, 0.6) is 11.5 Å². The number of rotatable bonds is 8. The minimum atomic E-state index is -0.183. The summed E-state index contributed by atoms with van der Waals surface area (Å²) in [5, 5.41) is 13.3. The van der Waals surface area contributed by atoms with Gasteiger partial charge < -0.3 is 14.2 Å². The molecule has 1 amide bonds. The van der Waals surface area contributed by atoms with Crippen molar-refractivity contribution in [2.75, 3.05) is 40.0 Å². The lowest BCUT2D eigenvalue weighted by Gasteiger charge is -2.25. The number of carbonyl (C=O) groups is 1. The Kier molecular flexibility index (Phi) is 8.41. The zero-order valence-corrected chi connectivity index (χ0v) is 18.7. The van der Waals surface area contributed by atoms with E-state index in [0.29, 0.717) is 35.8 Å². The molecule has 0 atom stereocenters. The summed E-state index contributed by atoms with van der Waals surface area (Å²) in [5.74, 6) is 0.853. The van der Waals surface area contributed by atoms with Crippen LogP contribution in [0, 0.1) is 11.3 Å². The Morgan fingerprint density at radius 3 is 2.84 bits per heavy atom. The lowest BCUT2D eigenvalue weighted by atomic mass is 10.1. The van der Waals surface area contributed by atoms with E-state index in [1.807, 2.05) is 23.1 Å². The van der Waals surface area contributed by atoms with E-state index >= 15 is 0 Å². The van der Waals surface area contributed by atoms with Gasteiger partial charge >= 0.3 is 0 Å². The van der Waals surface area contributed by atoms with Crippen molar-refractivity contribution in [3.8, 4) is 17.6 Å². The Bertz CT molecular complexity index is 984. The second kappa shape index (κ2) is 11.5. The molecule has 31 heavy (non-hydrogen) atoms. The van der Waals surface area contributed by atoms with Crippen LogP contribution in [-0.2, 0) is 16.1 Å². The van der Waals surface area contributed by atoms with Crippen molar-refractivity contribution in [1.29, 1.82) is 5.26 Å². The first kappa shape index (κ1) is 22.7. The van der Waals surface area contributed by atoms with Crippen molar-refractivity contribution in [2.24, 2.45) is 5.10 Å². The number of hydrazone groups is 1. The minimum absolute atomic E-state index is 0.183. The van der Waals surface area contributed by atoms with Gasteiger partial charge in [-0.1, -0.05) is 18.2 Å². The summed E-state index contributed by atoms with van der Waals surface area (Å²) in [7, 11) is 1.55. The van der Waals surface area contributed by atoms with Gasteiger partial charge in [-0.3, -0.25) is 9.69 Å². The third-order valence-electron chi connectivity index (χ3n) is 4.67. The van der Waals surface area contributed by atoms with Gasteiger partial charge in [0.2, 0.25) is 0 Å². The molecule has 8 nitrogen and oxygen atoms in total. The Labute approximate surface area is 189 Å². The Balaban J connectivity index is 1.62. The molecule has 0 aliphatic carbocycles. The summed E-state index contributed by atoms with van der Waals surface area (Å²) in [6.45, 7) is 3.26. The van der Waals surface area contributed by atoms with Crippen LogP contribution in [0.4, 0.5) is 0 Å². The lowest BCUT2D eigenvalue weighted by Crippen LogP contribution is -2.42. The van der Waals surface area contributed by atoms with Crippen LogP contribution in [-0.4, -0.2) is 57.0 Å². The first-order valence-corrected chi connectivity index (χ1v) is 10.5. The number of nitriles is 1. The number of methoxy groups -OCH3 is 1. The van der Waals surface area contributed by atoms with E-state index in [0.717, 1.165) is 23.1 Å². The van der Waals surface area contributed by atoms with Crippen molar-refractivity contribution in [3.05, 3.63) is 57.6 Å². The topological polar surface area (TPSA) is 96.2 Å². The highest BCUT2D eigenvalue weighted by Gasteiger charge is 2.14. The highest BCUT2D eigenvalue weighted by molar-refractivity contribution is 9.10.